The number of nitriles is 1. The van der Waals surface area contributed by atoms with Crippen LogP contribution in [-0.2, 0) is 10.8 Å². The van der Waals surface area contributed by atoms with E-state index in [-0.39, 0.29) is 11.3 Å². The van der Waals surface area contributed by atoms with Gasteiger partial charge in [0.2, 0.25) is 0 Å². The molecule has 0 radical (unpaired) electrons. The van der Waals surface area contributed by atoms with E-state index >= 15 is 0 Å². The number of nitrogens with zero attached hydrogens (tertiary/aromatic N) is 1. The summed E-state index contributed by atoms with van der Waals surface area (Å²) in [4.78, 5) is 0. The van der Waals surface area contributed by atoms with Crippen molar-refractivity contribution in [1.29, 1.82) is 5.26 Å². The largest absolute Gasteiger partial charge is 0.507 e. The average molecular weight is 313 g/mol. The van der Waals surface area contributed by atoms with Crippen molar-refractivity contribution in [1.82, 2.24) is 0 Å². The van der Waals surface area contributed by atoms with Gasteiger partial charge in [0.05, 0.1) is 6.07 Å². The zero-order valence-electron chi connectivity index (χ0n) is 13.8. The first-order chi connectivity index (χ1) is 9.69. The van der Waals surface area contributed by atoms with Crippen LogP contribution in [0.4, 0.5) is 13.2 Å². The lowest BCUT2D eigenvalue weighted by atomic mass is 9.77. The van der Waals surface area contributed by atoms with E-state index in [1.165, 1.54) is 18.2 Å². The SMILES string of the molecule is CC(C)(C)c1cc(C(C#N)C(F)(F)F)cc(C(C)(C)C)c1O. The second-order valence-corrected chi connectivity index (χ2v) is 7.57. The van der Waals surface area contributed by atoms with Gasteiger partial charge in [-0.25, -0.2) is 0 Å². The van der Waals surface area contributed by atoms with E-state index in [1.54, 1.807) is 0 Å². The summed E-state index contributed by atoms with van der Waals surface area (Å²) in [5, 5.41) is 19.4. The molecular formula is C17H22F3NO. The van der Waals surface area contributed by atoms with E-state index in [0.717, 1.165) is 0 Å². The van der Waals surface area contributed by atoms with Gasteiger partial charge in [0.1, 0.15) is 5.75 Å². The molecule has 0 fully saturated rings. The number of hydrogen-bond acceptors (Lipinski definition) is 2. The van der Waals surface area contributed by atoms with Crippen molar-refractivity contribution in [2.24, 2.45) is 0 Å². The monoisotopic (exact) mass is 313 g/mol. The van der Waals surface area contributed by atoms with Crippen molar-refractivity contribution >= 4 is 0 Å². The number of phenolic OH excluding ortho intramolecular Hbond substituents is 1. The van der Waals surface area contributed by atoms with Crippen molar-refractivity contribution in [3.63, 3.8) is 0 Å². The molecule has 0 aliphatic rings. The molecule has 0 aliphatic heterocycles. The molecule has 1 unspecified atom stereocenters. The highest BCUT2D eigenvalue weighted by Crippen LogP contribution is 2.43. The highest BCUT2D eigenvalue weighted by Gasteiger charge is 2.42. The number of benzene rings is 1. The smallest absolute Gasteiger partial charge is 0.408 e. The second-order valence-electron chi connectivity index (χ2n) is 7.57. The first kappa shape index (κ1) is 18.3. The molecule has 0 spiro atoms. The molecule has 1 aromatic rings. The maximum absolute atomic E-state index is 13.1. The zero-order chi connectivity index (χ0) is 17.5. The quantitative estimate of drug-likeness (QED) is 0.778. The van der Waals surface area contributed by atoms with Crippen LogP contribution in [0.1, 0.15) is 64.2 Å². The summed E-state index contributed by atoms with van der Waals surface area (Å²) in [6, 6.07) is 3.92. The van der Waals surface area contributed by atoms with Gasteiger partial charge in [-0.05, 0) is 39.7 Å². The van der Waals surface area contributed by atoms with Gasteiger partial charge in [0.25, 0.3) is 0 Å². The van der Waals surface area contributed by atoms with Crippen molar-refractivity contribution in [3.05, 3.63) is 28.8 Å². The molecule has 0 saturated carbocycles. The number of hydrogen-bond donors (Lipinski definition) is 1. The molecular weight excluding hydrogens is 291 g/mol. The molecule has 22 heavy (non-hydrogen) atoms. The Morgan fingerprint density at radius 3 is 1.55 bits per heavy atom. The van der Waals surface area contributed by atoms with Gasteiger partial charge in [-0.15, -0.1) is 0 Å². The summed E-state index contributed by atoms with van der Waals surface area (Å²) >= 11 is 0. The topological polar surface area (TPSA) is 44.0 Å². The molecule has 0 bridgehead atoms. The number of phenols is 1. The summed E-state index contributed by atoms with van der Waals surface area (Å²) in [5.74, 6) is -2.20. The number of aromatic hydroxyl groups is 1. The average Bonchev–Trinajstić information content (AvgIpc) is 2.26. The fourth-order valence-electron chi connectivity index (χ4n) is 2.30. The van der Waals surface area contributed by atoms with Crippen molar-refractivity contribution in [2.75, 3.05) is 0 Å². The normalized spacial score (nSPS) is 14.5. The minimum Gasteiger partial charge on any atom is -0.507 e. The predicted molar refractivity (Wildman–Crippen MR) is 79.9 cm³/mol. The first-order valence-electron chi connectivity index (χ1n) is 7.03. The lowest BCUT2D eigenvalue weighted by molar-refractivity contribution is -0.137. The van der Waals surface area contributed by atoms with Gasteiger partial charge in [-0.1, -0.05) is 41.5 Å². The molecule has 0 heterocycles. The molecule has 5 heteroatoms. The highest BCUT2D eigenvalue weighted by atomic mass is 19.4. The van der Waals surface area contributed by atoms with Crippen molar-refractivity contribution in [2.45, 2.75) is 64.5 Å². The van der Waals surface area contributed by atoms with Gasteiger partial charge in [0.15, 0.2) is 5.92 Å². The fourth-order valence-corrected chi connectivity index (χ4v) is 2.30. The standard InChI is InChI=1S/C17H22F3NO/c1-15(2,3)11-7-10(13(9-21)17(18,19)20)8-12(14(11)22)16(4,5)6/h7-8,13,22H,1-6H3. The van der Waals surface area contributed by atoms with Crippen LogP contribution >= 0.6 is 0 Å². The minimum atomic E-state index is -4.64. The number of halogens is 3. The molecule has 1 aromatic carbocycles. The lowest BCUT2D eigenvalue weighted by Gasteiger charge is -2.29. The van der Waals surface area contributed by atoms with E-state index in [4.69, 9.17) is 5.26 Å². The molecule has 0 amide bonds. The third-order valence-corrected chi connectivity index (χ3v) is 3.54. The Hall–Kier alpha value is -1.70. The van der Waals surface area contributed by atoms with Crippen molar-refractivity contribution in [3.8, 4) is 11.8 Å². The Morgan fingerprint density at radius 2 is 1.32 bits per heavy atom. The summed E-state index contributed by atoms with van der Waals surface area (Å²) in [6.07, 6.45) is -4.64. The van der Waals surface area contributed by atoms with E-state index in [2.05, 4.69) is 0 Å². The molecule has 0 saturated heterocycles. The molecule has 122 valence electrons. The van der Waals surface area contributed by atoms with Gasteiger partial charge >= 0.3 is 6.18 Å². The Labute approximate surface area is 129 Å². The predicted octanol–water partition coefficient (Wildman–Crippen LogP) is 5.16. The Kier molecular flexibility index (Phi) is 4.58. The third kappa shape index (κ3) is 3.73. The fraction of sp³-hybridized carbons (Fsp3) is 0.588. The first-order valence-corrected chi connectivity index (χ1v) is 7.03. The van der Waals surface area contributed by atoms with Gasteiger partial charge in [0, 0.05) is 0 Å². The van der Waals surface area contributed by atoms with E-state index < -0.39 is 22.9 Å². The summed E-state index contributed by atoms with van der Waals surface area (Å²) in [6.45, 7) is 10.9. The van der Waals surface area contributed by atoms with Crippen LogP contribution in [0.3, 0.4) is 0 Å². The lowest BCUT2D eigenvalue weighted by Crippen LogP contribution is -2.23. The van der Waals surface area contributed by atoms with Gasteiger partial charge < -0.3 is 5.11 Å². The molecule has 1 N–H and O–H groups in total. The van der Waals surface area contributed by atoms with Crippen LogP contribution in [0.15, 0.2) is 12.1 Å². The summed E-state index contributed by atoms with van der Waals surface area (Å²) in [5.41, 5.74) is -0.362. The Bertz CT molecular complexity index is 563. The van der Waals surface area contributed by atoms with Crippen LogP contribution < -0.4 is 0 Å². The van der Waals surface area contributed by atoms with Gasteiger partial charge in [-0.2, -0.15) is 18.4 Å². The minimum absolute atomic E-state index is 0.00242. The summed E-state index contributed by atoms with van der Waals surface area (Å²) < 4.78 is 39.2. The zero-order valence-corrected chi connectivity index (χ0v) is 13.8. The highest BCUT2D eigenvalue weighted by molar-refractivity contribution is 5.51. The third-order valence-electron chi connectivity index (χ3n) is 3.54. The number of alkyl halides is 3. The molecule has 2 nitrogen and oxygen atoms in total. The second kappa shape index (κ2) is 5.49. The molecule has 1 atom stereocenters. The van der Waals surface area contributed by atoms with E-state index in [1.807, 2.05) is 41.5 Å². The summed E-state index contributed by atoms with van der Waals surface area (Å²) in [7, 11) is 0. The van der Waals surface area contributed by atoms with Crippen LogP contribution in [0, 0.1) is 11.3 Å². The van der Waals surface area contributed by atoms with E-state index in [0.29, 0.717) is 11.1 Å². The van der Waals surface area contributed by atoms with Crippen LogP contribution in [0.5, 0.6) is 5.75 Å². The Morgan fingerprint density at radius 1 is 0.955 bits per heavy atom. The van der Waals surface area contributed by atoms with Gasteiger partial charge in [-0.3, -0.25) is 0 Å². The Balaban J connectivity index is 3.73. The van der Waals surface area contributed by atoms with E-state index in [9.17, 15) is 18.3 Å². The van der Waals surface area contributed by atoms with Crippen molar-refractivity contribution < 1.29 is 18.3 Å². The van der Waals surface area contributed by atoms with Crippen LogP contribution in [0.2, 0.25) is 0 Å². The molecule has 0 aliphatic carbocycles. The molecule has 1 rings (SSSR count). The maximum Gasteiger partial charge on any atom is 0.408 e. The van der Waals surface area contributed by atoms with Crippen LogP contribution in [-0.4, -0.2) is 11.3 Å². The number of rotatable bonds is 1. The van der Waals surface area contributed by atoms with Crippen LogP contribution in [0.25, 0.3) is 0 Å². The molecule has 0 aromatic heterocycles. The maximum atomic E-state index is 13.1.